The molecule has 1 atom stereocenters. The highest BCUT2D eigenvalue weighted by atomic mass is 16.5. The van der Waals surface area contributed by atoms with Crippen molar-refractivity contribution in [2.75, 3.05) is 6.61 Å². The largest absolute Gasteiger partial charge is 0.483 e. The molecule has 7 nitrogen and oxygen atoms in total. The molecule has 7 heteroatoms. The first kappa shape index (κ1) is 24.9. The monoisotopic (exact) mass is 439 g/mol. The molecule has 32 heavy (non-hydrogen) atoms. The number of aryl methyl sites for hydroxylation is 2. The molecule has 0 radical (unpaired) electrons. The Labute approximate surface area is 189 Å². The summed E-state index contributed by atoms with van der Waals surface area (Å²) >= 11 is 0. The molecule has 2 rings (SSSR count). The average molecular weight is 440 g/mol. The SMILES string of the molecule is Cc1ccc(C(=O)N[C@H](C(=O)NNC(=O)COc2cc(C)ccc2C(C)C)C(C)C)cc1. The number of hydrazine groups is 1. The fraction of sp³-hybridized carbons (Fsp3) is 0.400. The van der Waals surface area contributed by atoms with Gasteiger partial charge in [0.15, 0.2) is 6.61 Å². The maximum Gasteiger partial charge on any atom is 0.276 e. The van der Waals surface area contributed by atoms with Gasteiger partial charge in [-0.2, -0.15) is 0 Å². The molecule has 3 amide bonds. The number of carbonyl (C=O) groups is 3. The summed E-state index contributed by atoms with van der Waals surface area (Å²) in [6, 6.07) is 12.1. The number of nitrogens with one attached hydrogen (secondary N) is 3. The van der Waals surface area contributed by atoms with Crippen molar-refractivity contribution in [1.29, 1.82) is 0 Å². The van der Waals surface area contributed by atoms with Gasteiger partial charge in [0.2, 0.25) is 0 Å². The zero-order valence-electron chi connectivity index (χ0n) is 19.6. The van der Waals surface area contributed by atoms with Crippen LogP contribution in [0.2, 0.25) is 0 Å². The van der Waals surface area contributed by atoms with Crippen LogP contribution in [0.1, 0.15) is 60.7 Å². The van der Waals surface area contributed by atoms with Crippen LogP contribution in [-0.2, 0) is 9.59 Å². The van der Waals surface area contributed by atoms with Crippen LogP contribution in [0.3, 0.4) is 0 Å². The first-order valence-electron chi connectivity index (χ1n) is 10.8. The molecule has 0 fully saturated rings. The van der Waals surface area contributed by atoms with Gasteiger partial charge in [-0.1, -0.05) is 57.5 Å². The summed E-state index contributed by atoms with van der Waals surface area (Å²) in [5.41, 5.74) is 8.28. The molecule has 0 bridgehead atoms. The van der Waals surface area contributed by atoms with E-state index in [-0.39, 0.29) is 24.3 Å². The second kappa shape index (κ2) is 11.3. The minimum atomic E-state index is -0.811. The van der Waals surface area contributed by atoms with E-state index in [4.69, 9.17) is 4.74 Å². The molecule has 3 N–H and O–H groups in total. The van der Waals surface area contributed by atoms with Crippen LogP contribution in [0.5, 0.6) is 5.75 Å². The number of hydrogen-bond acceptors (Lipinski definition) is 4. The highest BCUT2D eigenvalue weighted by Gasteiger charge is 2.25. The van der Waals surface area contributed by atoms with E-state index in [0.29, 0.717) is 11.3 Å². The van der Waals surface area contributed by atoms with Crippen LogP contribution in [0.25, 0.3) is 0 Å². The van der Waals surface area contributed by atoms with E-state index >= 15 is 0 Å². The Balaban J connectivity index is 1.91. The molecular weight excluding hydrogens is 406 g/mol. The number of ether oxygens (including phenoxy) is 1. The maximum absolute atomic E-state index is 12.6. The van der Waals surface area contributed by atoms with Gasteiger partial charge in [-0.15, -0.1) is 0 Å². The van der Waals surface area contributed by atoms with Crippen molar-refractivity contribution in [3.8, 4) is 5.75 Å². The second-order valence-corrected chi connectivity index (χ2v) is 8.58. The van der Waals surface area contributed by atoms with Crippen LogP contribution in [-0.4, -0.2) is 30.4 Å². The molecule has 0 aliphatic rings. The van der Waals surface area contributed by atoms with Crippen LogP contribution < -0.4 is 20.9 Å². The molecule has 0 aromatic heterocycles. The fourth-order valence-electron chi connectivity index (χ4n) is 3.10. The second-order valence-electron chi connectivity index (χ2n) is 8.58. The Morgan fingerprint density at radius 1 is 0.875 bits per heavy atom. The third-order valence-corrected chi connectivity index (χ3v) is 5.02. The number of hydrogen-bond donors (Lipinski definition) is 3. The molecule has 0 saturated heterocycles. The summed E-state index contributed by atoms with van der Waals surface area (Å²) in [6.07, 6.45) is 0. The van der Waals surface area contributed by atoms with Gasteiger partial charge in [0.1, 0.15) is 11.8 Å². The van der Waals surface area contributed by atoms with E-state index in [1.54, 1.807) is 12.1 Å². The fourth-order valence-corrected chi connectivity index (χ4v) is 3.10. The minimum absolute atomic E-state index is 0.182. The number of benzene rings is 2. The summed E-state index contributed by atoms with van der Waals surface area (Å²) < 4.78 is 5.68. The number of carbonyl (C=O) groups excluding carboxylic acids is 3. The first-order chi connectivity index (χ1) is 15.1. The zero-order chi connectivity index (χ0) is 23.8. The Morgan fingerprint density at radius 2 is 1.50 bits per heavy atom. The molecule has 172 valence electrons. The summed E-state index contributed by atoms with van der Waals surface area (Å²) in [4.78, 5) is 37.3. The van der Waals surface area contributed by atoms with Crippen LogP contribution in [0.4, 0.5) is 0 Å². The number of amides is 3. The Morgan fingerprint density at radius 3 is 2.09 bits per heavy atom. The van der Waals surface area contributed by atoms with Gasteiger partial charge in [0, 0.05) is 5.56 Å². The van der Waals surface area contributed by atoms with E-state index in [9.17, 15) is 14.4 Å². The molecule has 0 unspecified atom stereocenters. The summed E-state index contributed by atoms with van der Waals surface area (Å²) in [5.74, 6) is -0.647. The van der Waals surface area contributed by atoms with E-state index in [0.717, 1.165) is 16.7 Å². The lowest BCUT2D eigenvalue weighted by atomic mass is 10.0. The van der Waals surface area contributed by atoms with Crippen molar-refractivity contribution in [3.63, 3.8) is 0 Å². The Bertz CT molecular complexity index is 952. The van der Waals surface area contributed by atoms with Gasteiger partial charge < -0.3 is 10.1 Å². The van der Waals surface area contributed by atoms with Gasteiger partial charge in [-0.05, 0) is 55.0 Å². The third-order valence-electron chi connectivity index (χ3n) is 5.02. The molecule has 0 saturated carbocycles. The lowest BCUT2D eigenvalue weighted by molar-refractivity contribution is -0.131. The third kappa shape index (κ3) is 7.11. The highest BCUT2D eigenvalue weighted by molar-refractivity contribution is 5.97. The lowest BCUT2D eigenvalue weighted by Crippen LogP contribution is -2.55. The van der Waals surface area contributed by atoms with Crippen LogP contribution >= 0.6 is 0 Å². The summed E-state index contributed by atoms with van der Waals surface area (Å²) in [6.45, 7) is 11.4. The molecule has 2 aromatic carbocycles. The van der Waals surface area contributed by atoms with Crippen LogP contribution in [0.15, 0.2) is 42.5 Å². The summed E-state index contributed by atoms with van der Waals surface area (Å²) in [7, 11) is 0. The van der Waals surface area contributed by atoms with Crippen molar-refractivity contribution in [1.82, 2.24) is 16.2 Å². The van der Waals surface area contributed by atoms with Crippen molar-refractivity contribution in [3.05, 3.63) is 64.7 Å². The average Bonchev–Trinajstić information content (AvgIpc) is 2.74. The minimum Gasteiger partial charge on any atom is -0.483 e. The topological polar surface area (TPSA) is 96.5 Å². The normalized spacial score (nSPS) is 11.8. The quantitative estimate of drug-likeness (QED) is 0.549. The van der Waals surface area contributed by atoms with Gasteiger partial charge >= 0.3 is 0 Å². The molecule has 0 aliphatic heterocycles. The zero-order valence-corrected chi connectivity index (χ0v) is 19.6. The van der Waals surface area contributed by atoms with E-state index in [1.165, 1.54) is 0 Å². The van der Waals surface area contributed by atoms with Crippen molar-refractivity contribution in [2.45, 2.75) is 53.5 Å². The Kier molecular flexibility index (Phi) is 8.81. The Hall–Kier alpha value is -3.35. The van der Waals surface area contributed by atoms with Crippen molar-refractivity contribution < 1.29 is 19.1 Å². The predicted molar refractivity (Wildman–Crippen MR) is 124 cm³/mol. The van der Waals surface area contributed by atoms with Crippen molar-refractivity contribution >= 4 is 17.7 Å². The highest BCUT2D eigenvalue weighted by Crippen LogP contribution is 2.27. The van der Waals surface area contributed by atoms with Gasteiger partial charge in [0.25, 0.3) is 17.7 Å². The maximum atomic E-state index is 12.6. The molecule has 0 aliphatic carbocycles. The van der Waals surface area contributed by atoms with E-state index < -0.39 is 17.9 Å². The smallest absolute Gasteiger partial charge is 0.276 e. The molecule has 0 spiro atoms. The van der Waals surface area contributed by atoms with E-state index in [1.807, 2.05) is 58.0 Å². The van der Waals surface area contributed by atoms with Crippen LogP contribution in [0, 0.1) is 19.8 Å². The van der Waals surface area contributed by atoms with Gasteiger partial charge in [-0.25, -0.2) is 0 Å². The lowest BCUT2D eigenvalue weighted by Gasteiger charge is -2.22. The molecule has 2 aromatic rings. The first-order valence-corrected chi connectivity index (χ1v) is 10.8. The molecular formula is C25H33N3O4. The molecule has 0 heterocycles. The van der Waals surface area contributed by atoms with E-state index in [2.05, 4.69) is 30.0 Å². The van der Waals surface area contributed by atoms with Crippen molar-refractivity contribution in [2.24, 2.45) is 5.92 Å². The predicted octanol–water partition coefficient (Wildman–Crippen LogP) is 3.41. The van der Waals surface area contributed by atoms with Gasteiger partial charge in [0.05, 0.1) is 0 Å². The standard InChI is InChI=1S/C25H33N3O4/c1-15(2)20-12-9-18(6)13-21(20)32-14-22(29)27-28-25(31)23(16(3)4)26-24(30)19-10-7-17(5)8-11-19/h7-13,15-16,23H,14H2,1-6H3,(H,26,30)(H,27,29)(H,28,31)/t23-/m0/s1. The summed E-state index contributed by atoms with van der Waals surface area (Å²) in [5, 5.41) is 2.73. The van der Waals surface area contributed by atoms with Gasteiger partial charge in [-0.3, -0.25) is 25.2 Å². The number of rotatable bonds is 8.